The standard InChI is InChI=1S/C11H23NS/c1-9(2)12(6-10(3)8-13)7-11-4-5-11/h9-11,13H,4-8H2,1-3H3. The SMILES string of the molecule is CC(CS)CN(CC1CC1)C(C)C. The minimum absolute atomic E-state index is 0.697. The van der Waals surface area contributed by atoms with Gasteiger partial charge < -0.3 is 4.90 Å². The average Bonchev–Trinajstić information content (AvgIpc) is 2.86. The topological polar surface area (TPSA) is 3.24 Å². The van der Waals surface area contributed by atoms with Gasteiger partial charge in [-0.2, -0.15) is 12.6 Å². The number of nitrogens with zero attached hydrogens (tertiary/aromatic N) is 1. The van der Waals surface area contributed by atoms with Crippen LogP contribution < -0.4 is 0 Å². The number of thiol groups is 1. The van der Waals surface area contributed by atoms with Crippen LogP contribution in [0.2, 0.25) is 0 Å². The first-order valence-electron chi connectivity index (χ1n) is 5.48. The van der Waals surface area contributed by atoms with E-state index in [4.69, 9.17) is 0 Å². The average molecular weight is 201 g/mol. The molecule has 0 N–H and O–H groups in total. The Morgan fingerprint density at radius 3 is 2.31 bits per heavy atom. The van der Waals surface area contributed by atoms with E-state index in [9.17, 15) is 0 Å². The second-order valence-electron chi connectivity index (χ2n) is 4.78. The molecule has 78 valence electrons. The smallest absolute Gasteiger partial charge is 0.00388 e. The van der Waals surface area contributed by atoms with Crippen LogP contribution in [0.25, 0.3) is 0 Å². The van der Waals surface area contributed by atoms with Gasteiger partial charge in [0.2, 0.25) is 0 Å². The Kier molecular flexibility index (Phi) is 4.60. The van der Waals surface area contributed by atoms with Gasteiger partial charge in [-0.15, -0.1) is 0 Å². The van der Waals surface area contributed by atoms with E-state index in [1.165, 1.54) is 25.9 Å². The minimum Gasteiger partial charge on any atom is -0.300 e. The molecular weight excluding hydrogens is 178 g/mol. The molecule has 0 aromatic rings. The van der Waals surface area contributed by atoms with Crippen LogP contribution in [-0.2, 0) is 0 Å². The fourth-order valence-electron chi connectivity index (χ4n) is 1.59. The second kappa shape index (κ2) is 5.26. The zero-order valence-corrected chi connectivity index (χ0v) is 10.1. The molecule has 0 spiro atoms. The van der Waals surface area contributed by atoms with E-state index < -0.39 is 0 Å². The molecule has 1 nitrogen and oxygen atoms in total. The first-order valence-corrected chi connectivity index (χ1v) is 6.11. The van der Waals surface area contributed by atoms with Crippen molar-refractivity contribution in [2.45, 2.75) is 39.7 Å². The molecule has 1 fully saturated rings. The molecule has 2 heteroatoms. The molecule has 1 unspecified atom stereocenters. The van der Waals surface area contributed by atoms with Crippen LogP contribution in [-0.4, -0.2) is 29.8 Å². The lowest BCUT2D eigenvalue weighted by molar-refractivity contribution is 0.191. The zero-order chi connectivity index (χ0) is 9.84. The summed E-state index contributed by atoms with van der Waals surface area (Å²) in [5.41, 5.74) is 0. The molecule has 1 aliphatic rings. The predicted molar refractivity (Wildman–Crippen MR) is 62.5 cm³/mol. The number of hydrogen-bond donors (Lipinski definition) is 1. The van der Waals surface area contributed by atoms with Crippen LogP contribution in [0.15, 0.2) is 0 Å². The third-order valence-electron chi connectivity index (χ3n) is 2.78. The van der Waals surface area contributed by atoms with Gasteiger partial charge in [-0.3, -0.25) is 0 Å². The third kappa shape index (κ3) is 4.37. The highest BCUT2D eigenvalue weighted by Crippen LogP contribution is 2.30. The highest BCUT2D eigenvalue weighted by molar-refractivity contribution is 7.80. The summed E-state index contributed by atoms with van der Waals surface area (Å²) in [6.07, 6.45) is 2.91. The Morgan fingerprint density at radius 1 is 1.31 bits per heavy atom. The highest BCUT2D eigenvalue weighted by atomic mass is 32.1. The lowest BCUT2D eigenvalue weighted by Crippen LogP contribution is -2.36. The van der Waals surface area contributed by atoms with Gasteiger partial charge in [0.25, 0.3) is 0 Å². The molecule has 1 rings (SSSR count). The summed E-state index contributed by atoms with van der Waals surface area (Å²) in [6.45, 7) is 9.42. The van der Waals surface area contributed by atoms with Gasteiger partial charge in [-0.25, -0.2) is 0 Å². The van der Waals surface area contributed by atoms with Gasteiger partial charge in [0.05, 0.1) is 0 Å². The van der Waals surface area contributed by atoms with Crippen molar-refractivity contribution >= 4 is 12.6 Å². The van der Waals surface area contributed by atoms with Crippen LogP contribution in [0.5, 0.6) is 0 Å². The van der Waals surface area contributed by atoms with Crippen LogP contribution >= 0.6 is 12.6 Å². The van der Waals surface area contributed by atoms with Gasteiger partial charge in [0, 0.05) is 19.1 Å². The molecule has 0 aromatic heterocycles. The van der Waals surface area contributed by atoms with Crippen LogP contribution in [0.4, 0.5) is 0 Å². The first kappa shape index (κ1) is 11.4. The molecule has 0 saturated heterocycles. The van der Waals surface area contributed by atoms with Crippen LogP contribution in [0.3, 0.4) is 0 Å². The maximum atomic E-state index is 4.34. The van der Waals surface area contributed by atoms with E-state index in [1.54, 1.807) is 0 Å². The van der Waals surface area contributed by atoms with Crippen molar-refractivity contribution in [1.82, 2.24) is 4.90 Å². The van der Waals surface area contributed by atoms with Crippen LogP contribution in [0, 0.1) is 11.8 Å². The Labute approximate surface area is 88.3 Å². The summed E-state index contributed by atoms with van der Waals surface area (Å²) in [4.78, 5) is 2.61. The molecular formula is C11H23NS. The molecule has 0 aromatic carbocycles. The van der Waals surface area contributed by atoms with Gasteiger partial charge in [-0.1, -0.05) is 6.92 Å². The van der Waals surface area contributed by atoms with Gasteiger partial charge >= 0.3 is 0 Å². The number of hydrogen-bond acceptors (Lipinski definition) is 2. The molecule has 0 amide bonds. The maximum absolute atomic E-state index is 4.34. The van der Waals surface area contributed by atoms with Crippen molar-refractivity contribution in [2.24, 2.45) is 11.8 Å². The van der Waals surface area contributed by atoms with E-state index in [1.807, 2.05) is 0 Å². The Morgan fingerprint density at radius 2 is 1.92 bits per heavy atom. The monoisotopic (exact) mass is 201 g/mol. The van der Waals surface area contributed by atoms with E-state index >= 15 is 0 Å². The lowest BCUT2D eigenvalue weighted by Gasteiger charge is -2.28. The molecule has 0 heterocycles. The Balaban J connectivity index is 2.27. The van der Waals surface area contributed by atoms with Crippen molar-refractivity contribution < 1.29 is 0 Å². The quantitative estimate of drug-likeness (QED) is 0.647. The Hall–Kier alpha value is 0.310. The number of rotatable bonds is 6. The normalized spacial score (nSPS) is 19.8. The lowest BCUT2D eigenvalue weighted by atomic mass is 10.1. The largest absolute Gasteiger partial charge is 0.300 e. The second-order valence-corrected chi connectivity index (χ2v) is 5.14. The van der Waals surface area contributed by atoms with Crippen molar-refractivity contribution in [2.75, 3.05) is 18.8 Å². The molecule has 1 saturated carbocycles. The molecule has 1 aliphatic carbocycles. The summed E-state index contributed by atoms with van der Waals surface area (Å²) >= 11 is 4.34. The summed E-state index contributed by atoms with van der Waals surface area (Å²) in [5, 5.41) is 0. The molecule has 0 aliphatic heterocycles. The Bertz CT molecular complexity index is 143. The molecule has 0 bridgehead atoms. The fraction of sp³-hybridized carbons (Fsp3) is 1.00. The van der Waals surface area contributed by atoms with E-state index in [0.29, 0.717) is 6.04 Å². The van der Waals surface area contributed by atoms with Crippen molar-refractivity contribution in [3.63, 3.8) is 0 Å². The molecule has 13 heavy (non-hydrogen) atoms. The van der Waals surface area contributed by atoms with Crippen molar-refractivity contribution in [3.05, 3.63) is 0 Å². The summed E-state index contributed by atoms with van der Waals surface area (Å²) in [6, 6.07) is 0.697. The van der Waals surface area contributed by atoms with E-state index in [2.05, 4.69) is 38.3 Å². The van der Waals surface area contributed by atoms with Gasteiger partial charge in [0.15, 0.2) is 0 Å². The van der Waals surface area contributed by atoms with Crippen LogP contribution in [0.1, 0.15) is 33.6 Å². The minimum atomic E-state index is 0.697. The summed E-state index contributed by atoms with van der Waals surface area (Å²) < 4.78 is 0. The summed E-state index contributed by atoms with van der Waals surface area (Å²) in [5.74, 6) is 2.74. The zero-order valence-electron chi connectivity index (χ0n) is 9.16. The van der Waals surface area contributed by atoms with Gasteiger partial charge in [-0.05, 0) is 44.3 Å². The van der Waals surface area contributed by atoms with E-state index in [-0.39, 0.29) is 0 Å². The van der Waals surface area contributed by atoms with Crippen molar-refractivity contribution in [3.8, 4) is 0 Å². The highest BCUT2D eigenvalue weighted by Gasteiger charge is 2.25. The van der Waals surface area contributed by atoms with E-state index in [0.717, 1.165) is 17.6 Å². The first-order chi connectivity index (χ1) is 6.13. The predicted octanol–water partition coefficient (Wildman–Crippen LogP) is 2.67. The summed E-state index contributed by atoms with van der Waals surface area (Å²) in [7, 11) is 0. The third-order valence-corrected chi connectivity index (χ3v) is 3.40. The maximum Gasteiger partial charge on any atom is 0.00388 e. The molecule has 1 atom stereocenters. The fourth-order valence-corrected chi connectivity index (χ4v) is 1.70. The van der Waals surface area contributed by atoms with Crippen molar-refractivity contribution in [1.29, 1.82) is 0 Å². The van der Waals surface area contributed by atoms with Gasteiger partial charge in [0.1, 0.15) is 0 Å². The molecule has 0 radical (unpaired) electrons.